The van der Waals surface area contributed by atoms with Crippen molar-refractivity contribution in [2.45, 2.75) is 25.2 Å². The molecule has 0 amide bonds. The minimum absolute atomic E-state index is 0.316. The predicted octanol–water partition coefficient (Wildman–Crippen LogP) is 3.80. The number of anilines is 1. The van der Waals surface area contributed by atoms with Gasteiger partial charge in [0, 0.05) is 24.0 Å². The molecule has 1 aliphatic heterocycles. The summed E-state index contributed by atoms with van der Waals surface area (Å²) in [5, 5.41) is 0. The third-order valence-electron chi connectivity index (χ3n) is 5.37. The fourth-order valence-electron chi connectivity index (χ4n) is 3.95. The average Bonchev–Trinajstić information content (AvgIpc) is 2.71. The first-order valence-electron chi connectivity index (χ1n) is 9.50. The number of hydrogen-bond acceptors (Lipinski definition) is 3. The number of H-pyrrole nitrogens is 2. The lowest BCUT2D eigenvalue weighted by Gasteiger charge is -2.34. The number of piperidine rings is 1. The standard InChI is InChI=1S/C22H22BrN3O2/c23-18-8-4-5-15(13-18)14-19-20(24-22(28)25-21(19)27)26-11-9-17(10-12-26)16-6-2-1-3-7-16/h1-8,13,17H,9-12,14H2,(H2,24,25,27,28). The third kappa shape index (κ3) is 4.12. The van der Waals surface area contributed by atoms with Gasteiger partial charge in [-0.15, -0.1) is 0 Å². The molecule has 144 valence electrons. The molecule has 0 radical (unpaired) electrons. The maximum Gasteiger partial charge on any atom is 0.327 e. The first-order chi connectivity index (χ1) is 13.6. The molecule has 0 spiro atoms. The lowest BCUT2D eigenvalue weighted by Crippen LogP contribution is -2.38. The molecule has 1 aromatic heterocycles. The second-order valence-electron chi connectivity index (χ2n) is 7.21. The van der Waals surface area contributed by atoms with Crippen LogP contribution in [0.25, 0.3) is 0 Å². The molecule has 3 aromatic rings. The van der Waals surface area contributed by atoms with E-state index in [1.165, 1.54) is 5.56 Å². The van der Waals surface area contributed by atoms with Crippen molar-refractivity contribution in [2.75, 3.05) is 18.0 Å². The first-order valence-corrected chi connectivity index (χ1v) is 10.3. The quantitative estimate of drug-likeness (QED) is 0.649. The molecule has 6 heteroatoms. The minimum atomic E-state index is -0.455. The van der Waals surface area contributed by atoms with E-state index in [2.05, 4.69) is 55.1 Å². The fraction of sp³-hybridized carbons (Fsp3) is 0.273. The van der Waals surface area contributed by atoms with E-state index >= 15 is 0 Å². The molecule has 28 heavy (non-hydrogen) atoms. The zero-order valence-electron chi connectivity index (χ0n) is 15.5. The van der Waals surface area contributed by atoms with Gasteiger partial charge in [-0.05, 0) is 42.0 Å². The van der Waals surface area contributed by atoms with Gasteiger partial charge in [0.2, 0.25) is 0 Å². The molecule has 0 saturated carbocycles. The Balaban J connectivity index is 1.59. The number of benzene rings is 2. The Bertz CT molecular complexity index is 1070. The summed E-state index contributed by atoms with van der Waals surface area (Å²) in [6.45, 7) is 1.62. The highest BCUT2D eigenvalue weighted by atomic mass is 79.9. The van der Waals surface area contributed by atoms with Gasteiger partial charge in [-0.2, -0.15) is 0 Å². The summed E-state index contributed by atoms with van der Waals surface area (Å²) >= 11 is 3.48. The zero-order chi connectivity index (χ0) is 19.5. The molecular weight excluding hydrogens is 418 g/mol. The van der Waals surface area contributed by atoms with E-state index < -0.39 is 5.69 Å². The predicted molar refractivity (Wildman–Crippen MR) is 115 cm³/mol. The molecule has 0 bridgehead atoms. The van der Waals surface area contributed by atoms with Crippen LogP contribution in [0.5, 0.6) is 0 Å². The molecule has 2 heterocycles. The van der Waals surface area contributed by atoms with Gasteiger partial charge < -0.3 is 4.90 Å². The Morgan fingerprint density at radius 1 is 0.964 bits per heavy atom. The van der Waals surface area contributed by atoms with Crippen LogP contribution < -0.4 is 16.1 Å². The Hall–Kier alpha value is -2.60. The number of rotatable bonds is 4. The molecule has 4 rings (SSSR count). The van der Waals surface area contributed by atoms with Crippen molar-refractivity contribution in [3.63, 3.8) is 0 Å². The first kappa shape index (κ1) is 18.7. The lowest BCUT2D eigenvalue weighted by molar-refractivity contribution is 0.501. The summed E-state index contributed by atoms with van der Waals surface area (Å²) in [5.74, 6) is 1.17. The molecule has 2 aromatic carbocycles. The van der Waals surface area contributed by atoms with Gasteiger partial charge >= 0.3 is 5.69 Å². The smallest absolute Gasteiger partial charge is 0.327 e. The van der Waals surface area contributed by atoms with Crippen molar-refractivity contribution in [3.8, 4) is 0 Å². The maximum atomic E-state index is 12.6. The van der Waals surface area contributed by atoms with Gasteiger partial charge in [0.05, 0.1) is 5.56 Å². The molecule has 1 saturated heterocycles. The van der Waals surface area contributed by atoms with Crippen molar-refractivity contribution in [2.24, 2.45) is 0 Å². The Labute approximate surface area is 171 Å². The number of nitrogens with zero attached hydrogens (tertiary/aromatic N) is 1. The molecule has 1 aliphatic rings. The van der Waals surface area contributed by atoms with Gasteiger partial charge in [-0.3, -0.25) is 14.8 Å². The topological polar surface area (TPSA) is 69.0 Å². The highest BCUT2D eigenvalue weighted by Crippen LogP contribution is 2.30. The summed E-state index contributed by atoms with van der Waals surface area (Å²) in [6.07, 6.45) is 2.46. The highest BCUT2D eigenvalue weighted by Gasteiger charge is 2.24. The van der Waals surface area contributed by atoms with Crippen LogP contribution >= 0.6 is 15.9 Å². The van der Waals surface area contributed by atoms with Crippen molar-refractivity contribution >= 4 is 21.7 Å². The second kappa shape index (κ2) is 8.19. The molecule has 0 atom stereocenters. The van der Waals surface area contributed by atoms with E-state index in [4.69, 9.17) is 0 Å². The van der Waals surface area contributed by atoms with E-state index in [-0.39, 0.29) is 5.56 Å². The van der Waals surface area contributed by atoms with Crippen LogP contribution in [0.15, 0.2) is 68.7 Å². The molecule has 1 fully saturated rings. The van der Waals surface area contributed by atoms with Gasteiger partial charge in [0.1, 0.15) is 5.82 Å². The lowest BCUT2D eigenvalue weighted by atomic mass is 9.89. The van der Waals surface area contributed by atoms with E-state index in [0.717, 1.165) is 36.0 Å². The number of aromatic nitrogens is 2. The van der Waals surface area contributed by atoms with Crippen LogP contribution in [0.1, 0.15) is 35.4 Å². The SMILES string of the molecule is O=c1[nH]c(N2CCC(c3ccccc3)CC2)c(Cc2cccc(Br)c2)c(=O)[nH]1. The van der Waals surface area contributed by atoms with Crippen LogP contribution in [0, 0.1) is 0 Å². The maximum absolute atomic E-state index is 12.6. The molecule has 5 nitrogen and oxygen atoms in total. The molecule has 0 unspecified atom stereocenters. The monoisotopic (exact) mass is 439 g/mol. The Kier molecular flexibility index (Phi) is 5.48. The van der Waals surface area contributed by atoms with Crippen molar-refractivity contribution < 1.29 is 0 Å². The number of hydrogen-bond donors (Lipinski definition) is 2. The van der Waals surface area contributed by atoms with Gasteiger partial charge in [-0.1, -0.05) is 58.4 Å². The Morgan fingerprint density at radius 2 is 1.71 bits per heavy atom. The average molecular weight is 440 g/mol. The van der Waals surface area contributed by atoms with Crippen LogP contribution in [0.3, 0.4) is 0 Å². The van der Waals surface area contributed by atoms with E-state index in [0.29, 0.717) is 23.7 Å². The van der Waals surface area contributed by atoms with E-state index in [9.17, 15) is 9.59 Å². The summed E-state index contributed by atoms with van der Waals surface area (Å²) in [4.78, 5) is 31.9. The van der Waals surface area contributed by atoms with Crippen LogP contribution in [-0.2, 0) is 6.42 Å². The van der Waals surface area contributed by atoms with Gasteiger partial charge in [-0.25, -0.2) is 4.79 Å². The van der Waals surface area contributed by atoms with Crippen molar-refractivity contribution in [1.82, 2.24) is 9.97 Å². The van der Waals surface area contributed by atoms with Crippen LogP contribution in [-0.4, -0.2) is 23.1 Å². The van der Waals surface area contributed by atoms with Crippen LogP contribution in [0.4, 0.5) is 5.82 Å². The zero-order valence-corrected chi connectivity index (χ0v) is 17.0. The minimum Gasteiger partial charge on any atom is -0.358 e. The Morgan fingerprint density at radius 3 is 2.43 bits per heavy atom. The number of aromatic amines is 2. The largest absolute Gasteiger partial charge is 0.358 e. The van der Waals surface area contributed by atoms with Crippen LogP contribution in [0.2, 0.25) is 0 Å². The second-order valence-corrected chi connectivity index (χ2v) is 8.13. The molecule has 2 N–H and O–H groups in total. The summed E-state index contributed by atoms with van der Waals surface area (Å²) in [6, 6.07) is 18.4. The normalized spacial score (nSPS) is 15.0. The number of halogens is 1. The third-order valence-corrected chi connectivity index (χ3v) is 5.86. The fourth-order valence-corrected chi connectivity index (χ4v) is 4.39. The number of nitrogens with one attached hydrogen (secondary N) is 2. The van der Waals surface area contributed by atoms with Gasteiger partial charge in [0.15, 0.2) is 0 Å². The summed E-state index contributed by atoms with van der Waals surface area (Å²) < 4.78 is 0.969. The van der Waals surface area contributed by atoms with Gasteiger partial charge in [0.25, 0.3) is 5.56 Å². The summed E-state index contributed by atoms with van der Waals surface area (Å²) in [7, 11) is 0. The van der Waals surface area contributed by atoms with E-state index in [1.54, 1.807) is 0 Å². The van der Waals surface area contributed by atoms with E-state index in [1.807, 2.05) is 30.3 Å². The highest BCUT2D eigenvalue weighted by molar-refractivity contribution is 9.10. The molecule has 0 aliphatic carbocycles. The molecular formula is C22H22BrN3O2. The van der Waals surface area contributed by atoms with Crippen molar-refractivity contribution in [1.29, 1.82) is 0 Å². The van der Waals surface area contributed by atoms with Crippen molar-refractivity contribution in [3.05, 3.63) is 96.6 Å². The summed E-state index contributed by atoms with van der Waals surface area (Å²) in [5.41, 5.74) is 2.21.